The van der Waals surface area contributed by atoms with Crippen molar-refractivity contribution in [3.63, 3.8) is 0 Å². The first-order valence-corrected chi connectivity index (χ1v) is 5.56. The summed E-state index contributed by atoms with van der Waals surface area (Å²) in [5, 5.41) is 21.8. The summed E-state index contributed by atoms with van der Waals surface area (Å²) in [6.07, 6.45) is 0. The van der Waals surface area contributed by atoms with Gasteiger partial charge in [0, 0.05) is 13.8 Å². The molecule has 0 saturated heterocycles. The number of carboxylic acid groups (broad SMARTS) is 1. The Morgan fingerprint density at radius 2 is 2.20 bits per heavy atom. The molecule has 0 spiro atoms. The quantitative estimate of drug-likeness (QED) is 0.565. The summed E-state index contributed by atoms with van der Waals surface area (Å²) in [5.74, 6) is -2.50. The van der Waals surface area contributed by atoms with Gasteiger partial charge >= 0.3 is 11.8 Å². The predicted molar refractivity (Wildman–Crippen MR) is 66.4 cm³/mol. The number of aliphatic carboxylic acids is 1. The summed E-state index contributed by atoms with van der Waals surface area (Å²) < 4.78 is 5.08. The molecule has 1 amide bonds. The number of rotatable bonds is 6. The lowest BCUT2D eigenvalue weighted by atomic mass is 10.3. The van der Waals surface area contributed by atoms with Gasteiger partial charge < -0.3 is 25.3 Å². The number of nitro groups is 1. The van der Waals surface area contributed by atoms with Crippen molar-refractivity contribution in [2.45, 2.75) is 19.9 Å². The molecule has 9 nitrogen and oxygen atoms in total. The van der Waals surface area contributed by atoms with Gasteiger partial charge in [0.15, 0.2) is 6.04 Å². The molecule has 1 unspecified atom stereocenters. The molecule has 0 aromatic carbocycles. The molecule has 0 bridgehead atoms. The first-order valence-electron chi connectivity index (χ1n) is 5.56. The van der Waals surface area contributed by atoms with Crippen LogP contribution in [0.1, 0.15) is 12.6 Å². The van der Waals surface area contributed by atoms with Gasteiger partial charge in [0.1, 0.15) is 12.3 Å². The third kappa shape index (κ3) is 4.19. The maximum Gasteiger partial charge on any atom is 0.406 e. The molecule has 0 aliphatic carbocycles. The second-order valence-corrected chi connectivity index (χ2v) is 3.93. The SMILES string of the molecule is CC(=O)NC(COc1ccc(C)nc1[N+](=O)[O-])C(=O)O. The van der Waals surface area contributed by atoms with Crippen molar-refractivity contribution in [1.29, 1.82) is 0 Å². The van der Waals surface area contributed by atoms with E-state index < -0.39 is 35.3 Å². The zero-order chi connectivity index (χ0) is 15.3. The Hall–Kier alpha value is -2.71. The highest BCUT2D eigenvalue weighted by atomic mass is 16.6. The molecule has 0 aliphatic rings. The van der Waals surface area contributed by atoms with E-state index in [1.54, 1.807) is 6.92 Å². The van der Waals surface area contributed by atoms with Crippen LogP contribution in [0.5, 0.6) is 5.75 Å². The molecule has 1 aromatic heterocycles. The fourth-order valence-electron chi connectivity index (χ4n) is 1.37. The molecule has 1 heterocycles. The number of aromatic nitrogens is 1. The van der Waals surface area contributed by atoms with Crippen LogP contribution in [0.15, 0.2) is 12.1 Å². The molecule has 0 radical (unpaired) electrons. The molecule has 20 heavy (non-hydrogen) atoms. The van der Waals surface area contributed by atoms with E-state index in [2.05, 4.69) is 10.3 Å². The lowest BCUT2D eigenvalue weighted by Crippen LogP contribution is -2.43. The summed E-state index contributed by atoms with van der Waals surface area (Å²) in [7, 11) is 0. The third-order valence-electron chi connectivity index (χ3n) is 2.23. The number of aryl methyl sites for hydroxylation is 1. The van der Waals surface area contributed by atoms with Crippen LogP contribution in [-0.2, 0) is 9.59 Å². The number of nitrogens with zero attached hydrogens (tertiary/aromatic N) is 2. The van der Waals surface area contributed by atoms with E-state index in [0.717, 1.165) is 6.92 Å². The van der Waals surface area contributed by atoms with E-state index in [-0.39, 0.29) is 5.75 Å². The van der Waals surface area contributed by atoms with Gasteiger partial charge in [-0.25, -0.2) is 4.79 Å². The Bertz CT molecular complexity index is 545. The predicted octanol–water partition coefficient (Wildman–Crippen LogP) is 0.266. The van der Waals surface area contributed by atoms with Crippen LogP contribution in [-0.4, -0.2) is 39.5 Å². The number of pyridine rings is 1. The lowest BCUT2D eigenvalue weighted by Gasteiger charge is -2.14. The van der Waals surface area contributed by atoms with E-state index >= 15 is 0 Å². The molecule has 108 valence electrons. The van der Waals surface area contributed by atoms with Gasteiger partial charge in [0.05, 0.1) is 0 Å². The average molecular weight is 283 g/mol. The largest absolute Gasteiger partial charge is 0.483 e. The highest BCUT2D eigenvalue weighted by molar-refractivity contribution is 5.82. The van der Waals surface area contributed by atoms with Crippen LogP contribution >= 0.6 is 0 Å². The molecule has 1 atom stereocenters. The van der Waals surface area contributed by atoms with Gasteiger partial charge in [-0.05, 0) is 22.0 Å². The number of ether oxygens (including phenoxy) is 1. The van der Waals surface area contributed by atoms with Crippen LogP contribution in [0.25, 0.3) is 0 Å². The first kappa shape index (κ1) is 15.3. The summed E-state index contributed by atoms with van der Waals surface area (Å²) >= 11 is 0. The van der Waals surface area contributed by atoms with Crippen LogP contribution in [0.4, 0.5) is 5.82 Å². The molecule has 0 fully saturated rings. The van der Waals surface area contributed by atoms with Crippen molar-refractivity contribution >= 4 is 17.7 Å². The third-order valence-corrected chi connectivity index (χ3v) is 2.23. The second-order valence-electron chi connectivity index (χ2n) is 3.93. The topological polar surface area (TPSA) is 132 Å². The minimum absolute atomic E-state index is 0.155. The van der Waals surface area contributed by atoms with Crippen molar-refractivity contribution in [2.75, 3.05) is 6.61 Å². The second kappa shape index (κ2) is 6.45. The number of hydrogen-bond donors (Lipinski definition) is 2. The smallest absolute Gasteiger partial charge is 0.406 e. The van der Waals surface area contributed by atoms with Crippen molar-refractivity contribution in [1.82, 2.24) is 10.3 Å². The molecule has 2 N–H and O–H groups in total. The molecular formula is C11H13N3O6. The zero-order valence-electron chi connectivity index (χ0n) is 10.8. The van der Waals surface area contributed by atoms with E-state index in [1.807, 2.05) is 0 Å². The Kier molecular flexibility index (Phi) is 4.95. The molecule has 0 aliphatic heterocycles. The van der Waals surface area contributed by atoms with Crippen molar-refractivity contribution in [3.8, 4) is 5.75 Å². The van der Waals surface area contributed by atoms with E-state index in [1.165, 1.54) is 12.1 Å². The summed E-state index contributed by atoms with van der Waals surface area (Å²) in [6, 6.07) is 1.53. The molecule has 9 heteroatoms. The van der Waals surface area contributed by atoms with Crippen molar-refractivity contribution < 1.29 is 24.4 Å². The monoisotopic (exact) mass is 283 g/mol. The highest BCUT2D eigenvalue weighted by Crippen LogP contribution is 2.24. The number of carbonyl (C=O) groups is 2. The van der Waals surface area contributed by atoms with Crippen LogP contribution < -0.4 is 10.1 Å². The normalized spacial score (nSPS) is 11.5. The lowest BCUT2D eigenvalue weighted by molar-refractivity contribution is -0.390. The van der Waals surface area contributed by atoms with Gasteiger partial charge in [-0.2, -0.15) is 0 Å². The Morgan fingerprint density at radius 3 is 2.70 bits per heavy atom. The average Bonchev–Trinajstić information content (AvgIpc) is 2.34. The van der Waals surface area contributed by atoms with Crippen LogP contribution in [0.3, 0.4) is 0 Å². The van der Waals surface area contributed by atoms with E-state index in [4.69, 9.17) is 9.84 Å². The van der Waals surface area contributed by atoms with Gasteiger partial charge in [-0.3, -0.25) is 4.79 Å². The Morgan fingerprint density at radius 1 is 1.55 bits per heavy atom. The standard InChI is InChI=1S/C11H13N3O6/c1-6-3-4-9(10(12-6)14(18)19)20-5-8(11(16)17)13-7(2)15/h3-4,8H,5H2,1-2H3,(H,13,15)(H,16,17). The summed E-state index contributed by atoms with van der Waals surface area (Å²) in [5.41, 5.74) is 0.431. The minimum Gasteiger partial charge on any atom is -0.483 e. The molecular weight excluding hydrogens is 270 g/mol. The number of amides is 1. The maximum absolute atomic E-state index is 10.9. The van der Waals surface area contributed by atoms with E-state index in [0.29, 0.717) is 5.69 Å². The number of carbonyl (C=O) groups excluding carboxylic acids is 1. The van der Waals surface area contributed by atoms with E-state index in [9.17, 15) is 19.7 Å². The fourth-order valence-corrected chi connectivity index (χ4v) is 1.37. The number of hydrogen-bond acceptors (Lipinski definition) is 6. The van der Waals surface area contributed by atoms with Gasteiger partial charge in [-0.15, -0.1) is 0 Å². The number of carboxylic acids is 1. The molecule has 1 rings (SSSR count). The Balaban J connectivity index is 2.85. The van der Waals surface area contributed by atoms with Gasteiger partial charge in [0.2, 0.25) is 11.7 Å². The van der Waals surface area contributed by atoms with Crippen LogP contribution in [0.2, 0.25) is 0 Å². The molecule has 1 aromatic rings. The number of nitrogens with one attached hydrogen (secondary N) is 1. The maximum atomic E-state index is 10.9. The summed E-state index contributed by atoms with van der Waals surface area (Å²) in [4.78, 5) is 35.5. The fraction of sp³-hybridized carbons (Fsp3) is 0.364. The zero-order valence-corrected chi connectivity index (χ0v) is 10.8. The molecule has 0 saturated carbocycles. The van der Waals surface area contributed by atoms with Gasteiger partial charge in [-0.1, -0.05) is 0 Å². The van der Waals surface area contributed by atoms with Gasteiger partial charge in [0.25, 0.3) is 0 Å². The summed E-state index contributed by atoms with van der Waals surface area (Å²) in [6.45, 7) is 2.29. The minimum atomic E-state index is -1.30. The van der Waals surface area contributed by atoms with Crippen LogP contribution in [0, 0.1) is 17.0 Å². The first-order chi connectivity index (χ1) is 9.31. The highest BCUT2D eigenvalue weighted by Gasteiger charge is 2.23. The van der Waals surface area contributed by atoms with Crippen molar-refractivity contribution in [2.24, 2.45) is 0 Å². The van der Waals surface area contributed by atoms with Crippen molar-refractivity contribution in [3.05, 3.63) is 27.9 Å². The Labute approximate surface area is 113 Å².